The molecule has 0 fully saturated rings. The zero-order valence-corrected chi connectivity index (χ0v) is 7.41. The molecule has 1 aromatic carbocycles. The van der Waals surface area contributed by atoms with Gasteiger partial charge in [0.25, 0.3) is 0 Å². The number of aromatic amines is 1. The molecular weight excluding hydrogens is 199 g/mol. The third kappa shape index (κ3) is 1.32. The van der Waals surface area contributed by atoms with Crippen LogP contribution in [0.15, 0.2) is 18.2 Å². The topological polar surface area (TPSA) is 76.9 Å². The molecule has 0 atom stereocenters. The second kappa shape index (κ2) is 3.10. The molecule has 0 aliphatic rings. The van der Waals surface area contributed by atoms with Crippen molar-refractivity contribution in [3.8, 4) is 6.07 Å². The van der Waals surface area contributed by atoms with E-state index < -0.39 is 11.8 Å². The third-order valence-corrected chi connectivity index (χ3v) is 2.09. The first-order chi connectivity index (χ1) is 7.13. The quantitative estimate of drug-likeness (QED) is 0.744. The maximum atomic E-state index is 13.5. The Morgan fingerprint density at radius 1 is 1.53 bits per heavy atom. The number of aromatic nitrogens is 1. The van der Waals surface area contributed by atoms with Crippen molar-refractivity contribution < 1.29 is 14.3 Å². The first kappa shape index (κ1) is 9.21. The average molecular weight is 204 g/mol. The van der Waals surface area contributed by atoms with E-state index in [9.17, 15) is 9.18 Å². The molecule has 2 rings (SSSR count). The lowest BCUT2D eigenvalue weighted by molar-refractivity contribution is 0.0691. The summed E-state index contributed by atoms with van der Waals surface area (Å²) in [6.07, 6.45) is 0. The van der Waals surface area contributed by atoms with E-state index >= 15 is 0 Å². The van der Waals surface area contributed by atoms with Gasteiger partial charge in [-0.15, -0.1) is 0 Å². The summed E-state index contributed by atoms with van der Waals surface area (Å²) in [7, 11) is 0. The van der Waals surface area contributed by atoms with Gasteiger partial charge in [-0.05, 0) is 18.2 Å². The maximum absolute atomic E-state index is 13.5. The Labute approximate surface area is 83.6 Å². The molecule has 0 spiro atoms. The zero-order valence-electron chi connectivity index (χ0n) is 7.41. The molecule has 2 aromatic rings. The number of hydrogen-bond donors (Lipinski definition) is 2. The molecular formula is C10H5FN2O2. The van der Waals surface area contributed by atoms with Crippen LogP contribution in [0.5, 0.6) is 0 Å². The van der Waals surface area contributed by atoms with Crippen LogP contribution in [0.1, 0.15) is 16.1 Å². The number of aromatic carboxylic acids is 1. The van der Waals surface area contributed by atoms with Gasteiger partial charge in [0.05, 0.1) is 5.56 Å². The highest BCUT2D eigenvalue weighted by atomic mass is 19.1. The number of H-pyrrole nitrogens is 1. The molecule has 74 valence electrons. The van der Waals surface area contributed by atoms with E-state index in [0.29, 0.717) is 5.52 Å². The highest BCUT2D eigenvalue weighted by molar-refractivity contribution is 5.94. The van der Waals surface area contributed by atoms with Gasteiger partial charge in [0.1, 0.15) is 17.6 Å². The van der Waals surface area contributed by atoms with Crippen molar-refractivity contribution in [3.63, 3.8) is 0 Å². The molecule has 0 aliphatic carbocycles. The summed E-state index contributed by atoms with van der Waals surface area (Å²) in [5, 5.41) is 17.4. The van der Waals surface area contributed by atoms with Crippen molar-refractivity contribution in [2.75, 3.05) is 0 Å². The number of rotatable bonds is 1. The molecule has 0 saturated heterocycles. The Bertz CT molecular complexity index is 595. The number of nitrogens with one attached hydrogen (secondary N) is 1. The fourth-order valence-corrected chi connectivity index (χ4v) is 1.37. The third-order valence-electron chi connectivity index (χ3n) is 2.09. The van der Waals surface area contributed by atoms with Crippen molar-refractivity contribution >= 4 is 16.9 Å². The first-order valence-electron chi connectivity index (χ1n) is 4.08. The number of carboxylic acid groups (broad SMARTS) is 1. The zero-order chi connectivity index (χ0) is 11.0. The molecule has 0 bridgehead atoms. The Hall–Kier alpha value is -2.35. The first-order valence-corrected chi connectivity index (χ1v) is 4.08. The van der Waals surface area contributed by atoms with Crippen molar-refractivity contribution in [2.45, 2.75) is 0 Å². The van der Waals surface area contributed by atoms with Crippen LogP contribution in [-0.4, -0.2) is 16.1 Å². The molecule has 5 heteroatoms. The fraction of sp³-hybridized carbons (Fsp3) is 0. The van der Waals surface area contributed by atoms with Gasteiger partial charge in [0.15, 0.2) is 0 Å². The van der Waals surface area contributed by atoms with Crippen LogP contribution in [-0.2, 0) is 0 Å². The smallest absolute Gasteiger partial charge is 0.352 e. The molecule has 15 heavy (non-hydrogen) atoms. The lowest BCUT2D eigenvalue weighted by atomic mass is 10.1. The predicted octanol–water partition coefficient (Wildman–Crippen LogP) is 1.88. The van der Waals surface area contributed by atoms with Crippen molar-refractivity contribution in [2.24, 2.45) is 0 Å². The Morgan fingerprint density at radius 3 is 2.87 bits per heavy atom. The average Bonchev–Trinajstić information content (AvgIpc) is 2.63. The maximum Gasteiger partial charge on any atom is 0.352 e. The Morgan fingerprint density at radius 2 is 2.27 bits per heavy atom. The van der Waals surface area contributed by atoms with E-state index in [-0.39, 0.29) is 16.6 Å². The molecule has 0 amide bonds. The van der Waals surface area contributed by atoms with E-state index in [1.807, 2.05) is 0 Å². The van der Waals surface area contributed by atoms with Crippen molar-refractivity contribution in [1.82, 2.24) is 4.98 Å². The number of carboxylic acids is 1. The van der Waals surface area contributed by atoms with Gasteiger partial charge >= 0.3 is 5.97 Å². The largest absolute Gasteiger partial charge is 0.477 e. The monoisotopic (exact) mass is 204 g/mol. The predicted molar refractivity (Wildman–Crippen MR) is 49.9 cm³/mol. The number of fused-ring (bicyclic) bond motifs is 1. The van der Waals surface area contributed by atoms with Crippen LogP contribution in [0.3, 0.4) is 0 Å². The molecule has 0 unspecified atom stereocenters. The van der Waals surface area contributed by atoms with Gasteiger partial charge in [-0.1, -0.05) is 0 Å². The summed E-state index contributed by atoms with van der Waals surface area (Å²) in [6.45, 7) is 0. The SMILES string of the molecule is N#Cc1ccc2[nH]c(C(=O)O)cc2c1F. The highest BCUT2D eigenvalue weighted by Gasteiger charge is 2.12. The van der Waals surface area contributed by atoms with Crippen molar-refractivity contribution in [1.29, 1.82) is 5.26 Å². The van der Waals surface area contributed by atoms with E-state index in [1.165, 1.54) is 18.2 Å². The molecule has 0 aliphatic heterocycles. The lowest BCUT2D eigenvalue weighted by Gasteiger charge is -1.93. The summed E-state index contributed by atoms with van der Waals surface area (Å²) in [5.41, 5.74) is 0.168. The van der Waals surface area contributed by atoms with E-state index in [2.05, 4.69) is 4.98 Å². The van der Waals surface area contributed by atoms with Crippen LogP contribution >= 0.6 is 0 Å². The summed E-state index contributed by atoms with van der Waals surface area (Å²) in [4.78, 5) is 13.2. The number of nitriles is 1. The van der Waals surface area contributed by atoms with Gasteiger partial charge in [0.2, 0.25) is 0 Å². The number of carbonyl (C=O) groups is 1. The van der Waals surface area contributed by atoms with Crippen LogP contribution in [0.2, 0.25) is 0 Å². The summed E-state index contributed by atoms with van der Waals surface area (Å²) >= 11 is 0. The molecule has 4 nitrogen and oxygen atoms in total. The van der Waals surface area contributed by atoms with Crippen LogP contribution in [0.4, 0.5) is 4.39 Å². The second-order valence-electron chi connectivity index (χ2n) is 2.99. The summed E-state index contributed by atoms with van der Waals surface area (Å²) in [6, 6.07) is 5.64. The minimum atomic E-state index is -1.16. The lowest BCUT2D eigenvalue weighted by Crippen LogP contribution is -1.94. The number of hydrogen-bond acceptors (Lipinski definition) is 2. The Kier molecular flexibility index (Phi) is 1.90. The molecule has 0 radical (unpaired) electrons. The summed E-state index contributed by atoms with van der Waals surface area (Å²) in [5.74, 6) is -1.86. The Balaban J connectivity index is 2.78. The molecule has 1 heterocycles. The van der Waals surface area contributed by atoms with Crippen molar-refractivity contribution in [3.05, 3.63) is 35.3 Å². The van der Waals surface area contributed by atoms with Crippen LogP contribution in [0, 0.1) is 17.1 Å². The number of benzene rings is 1. The number of nitrogens with zero attached hydrogens (tertiary/aromatic N) is 1. The van der Waals surface area contributed by atoms with Gasteiger partial charge in [-0.25, -0.2) is 9.18 Å². The fourth-order valence-electron chi connectivity index (χ4n) is 1.37. The van der Waals surface area contributed by atoms with Gasteiger partial charge in [-0.3, -0.25) is 0 Å². The standard InChI is InChI=1S/C10H5FN2O2/c11-9-5(4-12)1-2-7-6(9)3-8(13-7)10(14)15/h1-3,13H,(H,14,15). The minimum Gasteiger partial charge on any atom is -0.477 e. The van der Waals surface area contributed by atoms with Gasteiger partial charge in [0, 0.05) is 10.9 Å². The van der Waals surface area contributed by atoms with E-state index in [4.69, 9.17) is 10.4 Å². The molecule has 1 aromatic heterocycles. The van der Waals surface area contributed by atoms with E-state index in [1.54, 1.807) is 6.07 Å². The molecule has 0 saturated carbocycles. The van der Waals surface area contributed by atoms with E-state index in [0.717, 1.165) is 0 Å². The molecule has 2 N–H and O–H groups in total. The summed E-state index contributed by atoms with van der Waals surface area (Å²) < 4.78 is 13.5. The highest BCUT2D eigenvalue weighted by Crippen LogP contribution is 2.21. The minimum absolute atomic E-state index is 0.0982. The van der Waals surface area contributed by atoms with Crippen LogP contribution in [0.25, 0.3) is 10.9 Å². The normalized spacial score (nSPS) is 10.1. The van der Waals surface area contributed by atoms with Gasteiger partial charge < -0.3 is 10.1 Å². The van der Waals surface area contributed by atoms with Gasteiger partial charge in [-0.2, -0.15) is 5.26 Å². The number of halogens is 1. The second-order valence-corrected chi connectivity index (χ2v) is 2.99. The van der Waals surface area contributed by atoms with Crippen LogP contribution < -0.4 is 0 Å².